The van der Waals surface area contributed by atoms with Gasteiger partial charge in [-0.1, -0.05) is 5.16 Å². The predicted octanol–water partition coefficient (Wildman–Crippen LogP) is 1.36. The minimum Gasteiger partial charge on any atom is -0.339 e. The first-order chi connectivity index (χ1) is 7.24. The molecule has 2 heterocycles. The molecule has 1 aliphatic rings. The minimum absolute atomic E-state index is 0.0722. The average Bonchev–Trinajstić information content (AvgIpc) is 2.69. The zero-order valence-electron chi connectivity index (χ0n) is 9.03. The fourth-order valence-corrected chi connectivity index (χ4v) is 3.04. The van der Waals surface area contributed by atoms with Crippen LogP contribution in [0.15, 0.2) is 4.52 Å². The number of nitrogens with zero attached hydrogens (tertiary/aromatic N) is 2. The van der Waals surface area contributed by atoms with Crippen LogP contribution in [0.25, 0.3) is 0 Å². The maximum atomic E-state index is 5.46. The van der Waals surface area contributed by atoms with Gasteiger partial charge < -0.3 is 10.3 Å². The molecule has 0 aromatic carbocycles. The van der Waals surface area contributed by atoms with Crippen LogP contribution in [0, 0.1) is 0 Å². The van der Waals surface area contributed by atoms with Crippen molar-refractivity contribution in [3.63, 3.8) is 0 Å². The van der Waals surface area contributed by atoms with E-state index in [4.69, 9.17) is 10.3 Å². The van der Waals surface area contributed by atoms with Crippen molar-refractivity contribution in [2.24, 2.45) is 5.73 Å². The topological polar surface area (TPSA) is 64.9 Å². The van der Waals surface area contributed by atoms with Gasteiger partial charge in [-0.05, 0) is 32.1 Å². The fourth-order valence-electron chi connectivity index (χ4n) is 1.83. The largest absolute Gasteiger partial charge is 0.339 e. The molecule has 0 spiro atoms. The molecule has 1 aromatic heterocycles. The van der Waals surface area contributed by atoms with Gasteiger partial charge in [0.1, 0.15) is 0 Å². The van der Waals surface area contributed by atoms with Gasteiger partial charge in [0.2, 0.25) is 5.89 Å². The van der Waals surface area contributed by atoms with Crippen LogP contribution in [0.4, 0.5) is 0 Å². The highest BCUT2D eigenvalue weighted by molar-refractivity contribution is 7.99. The molecule has 1 atom stereocenters. The van der Waals surface area contributed by atoms with Gasteiger partial charge in [0.25, 0.3) is 0 Å². The van der Waals surface area contributed by atoms with Crippen molar-refractivity contribution in [3.05, 3.63) is 11.7 Å². The van der Waals surface area contributed by atoms with E-state index in [1.165, 1.54) is 12.2 Å². The van der Waals surface area contributed by atoms with Gasteiger partial charge in [0, 0.05) is 12.2 Å². The monoisotopic (exact) mass is 227 g/mol. The van der Waals surface area contributed by atoms with Crippen molar-refractivity contribution in [1.82, 2.24) is 10.1 Å². The minimum atomic E-state index is 0.0722. The summed E-state index contributed by atoms with van der Waals surface area (Å²) in [5.74, 6) is 3.86. The van der Waals surface area contributed by atoms with Crippen LogP contribution >= 0.6 is 11.8 Å². The lowest BCUT2D eigenvalue weighted by molar-refractivity contribution is 0.293. The van der Waals surface area contributed by atoms with Crippen LogP contribution in [-0.4, -0.2) is 28.2 Å². The molecular formula is C10H17N3OS. The molecule has 2 N–H and O–H groups in total. The summed E-state index contributed by atoms with van der Waals surface area (Å²) >= 11 is 1.97. The summed E-state index contributed by atoms with van der Waals surface area (Å²) < 4.78 is 5.33. The van der Waals surface area contributed by atoms with Crippen LogP contribution in [0.1, 0.15) is 31.5 Å². The summed E-state index contributed by atoms with van der Waals surface area (Å²) in [7, 11) is 0. The van der Waals surface area contributed by atoms with E-state index in [9.17, 15) is 0 Å². The molecule has 0 amide bonds. The van der Waals surface area contributed by atoms with Crippen LogP contribution in [0.2, 0.25) is 0 Å². The molecule has 0 aliphatic carbocycles. The highest BCUT2D eigenvalue weighted by atomic mass is 32.2. The highest BCUT2D eigenvalue weighted by Gasteiger charge is 2.34. The molecule has 2 rings (SSSR count). The van der Waals surface area contributed by atoms with Crippen LogP contribution in [-0.2, 0) is 11.8 Å². The zero-order valence-corrected chi connectivity index (χ0v) is 9.85. The van der Waals surface area contributed by atoms with E-state index in [-0.39, 0.29) is 5.41 Å². The quantitative estimate of drug-likeness (QED) is 0.844. The first kappa shape index (κ1) is 11.0. The van der Waals surface area contributed by atoms with Gasteiger partial charge in [-0.3, -0.25) is 0 Å². The number of hydrogen-bond donors (Lipinski definition) is 1. The SMILES string of the molecule is CC1(c2nc(CCN)no2)CCCSC1. The molecule has 1 unspecified atom stereocenters. The number of thioether (sulfide) groups is 1. The van der Waals surface area contributed by atoms with Gasteiger partial charge in [0.15, 0.2) is 5.82 Å². The Morgan fingerprint density at radius 1 is 1.60 bits per heavy atom. The molecule has 0 saturated carbocycles. The molecule has 15 heavy (non-hydrogen) atoms. The summed E-state index contributed by atoms with van der Waals surface area (Å²) in [4.78, 5) is 4.42. The Kier molecular flexibility index (Phi) is 3.31. The molecular weight excluding hydrogens is 210 g/mol. The molecule has 1 aliphatic heterocycles. The molecule has 1 aromatic rings. The molecule has 84 valence electrons. The summed E-state index contributed by atoms with van der Waals surface area (Å²) in [6.45, 7) is 2.78. The first-order valence-corrected chi connectivity index (χ1v) is 6.51. The van der Waals surface area contributed by atoms with E-state index in [1.807, 2.05) is 11.8 Å². The predicted molar refractivity (Wildman–Crippen MR) is 61.0 cm³/mol. The molecule has 0 bridgehead atoms. The zero-order chi connectivity index (χ0) is 10.7. The van der Waals surface area contributed by atoms with Gasteiger partial charge in [-0.2, -0.15) is 16.7 Å². The smallest absolute Gasteiger partial charge is 0.233 e. The molecule has 4 nitrogen and oxygen atoms in total. The van der Waals surface area contributed by atoms with Crippen molar-refractivity contribution in [2.45, 2.75) is 31.6 Å². The van der Waals surface area contributed by atoms with E-state index >= 15 is 0 Å². The first-order valence-electron chi connectivity index (χ1n) is 5.35. The molecule has 1 fully saturated rings. The van der Waals surface area contributed by atoms with Crippen molar-refractivity contribution < 1.29 is 4.52 Å². The Morgan fingerprint density at radius 3 is 3.13 bits per heavy atom. The Labute approximate surface area is 94.0 Å². The van der Waals surface area contributed by atoms with Crippen molar-refractivity contribution in [2.75, 3.05) is 18.1 Å². The summed E-state index contributed by atoms with van der Waals surface area (Å²) in [6.07, 6.45) is 3.08. The third-order valence-corrected chi connectivity index (χ3v) is 4.21. The lowest BCUT2D eigenvalue weighted by Crippen LogP contribution is -2.29. The third kappa shape index (κ3) is 2.34. The van der Waals surface area contributed by atoms with Crippen molar-refractivity contribution in [1.29, 1.82) is 0 Å². The van der Waals surface area contributed by atoms with E-state index in [1.54, 1.807) is 0 Å². The second-order valence-electron chi connectivity index (χ2n) is 4.27. The van der Waals surface area contributed by atoms with E-state index in [2.05, 4.69) is 17.1 Å². The normalized spacial score (nSPS) is 26.8. The number of rotatable bonds is 3. The van der Waals surface area contributed by atoms with Gasteiger partial charge in [-0.25, -0.2) is 0 Å². The Hall–Kier alpha value is -0.550. The van der Waals surface area contributed by atoms with Crippen LogP contribution in [0.5, 0.6) is 0 Å². The molecule has 5 heteroatoms. The van der Waals surface area contributed by atoms with E-state index in [0.29, 0.717) is 13.0 Å². The second-order valence-corrected chi connectivity index (χ2v) is 5.38. The molecule has 0 radical (unpaired) electrons. The standard InChI is InChI=1S/C10H17N3OS/c1-10(4-2-6-15-7-10)9-12-8(3-5-11)13-14-9/h2-7,11H2,1H3. The number of hydrogen-bond acceptors (Lipinski definition) is 5. The van der Waals surface area contributed by atoms with Crippen molar-refractivity contribution in [3.8, 4) is 0 Å². The van der Waals surface area contributed by atoms with E-state index in [0.717, 1.165) is 23.9 Å². The lowest BCUT2D eigenvalue weighted by atomic mass is 9.87. The van der Waals surface area contributed by atoms with Gasteiger partial charge in [-0.15, -0.1) is 0 Å². The maximum absolute atomic E-state index is 5.46. The maximum Gasteiger partial charge on any atom is 0.233 e. The van der Waals surface area contributed by atoms with Crippen LogP contribution < -0.4 is 5.73 Å². The highest BCUT2D eigenvalue weighted by Crippen LogP contribution is 2.36. The average molecular weight is 227 g/mol. The number of aromatic nitrogens is 2. The van der Waals surface area contributed by atoms with Gasteiger partial charge in [0.05, 0.1) is 5.41 Å². The lowest BCUT2D eigenvalue weighted by Gasteiger charge is -2.28. The van der Waals surface area contributed by atoms with Gasteiger partial charge >= 0.3 is 0 Å². The van der Waals surface area contributed by atoms with Crippen LogP contribution in [0.3, 0.4) is 0 Å². The fraction of sp³-hybridized carbons (Fsp3) is 0.800. The summed E-state index contributed by atoms with van der Waals surface area (Å²) in [6, 6.07) is 0. The second kappa shape index (κ2) is 4.53. The molecule has 1 saturated heterocycles. The number of nitrogens with two attached hydrogens (primary N) is 1. The summed E-state index contributed by atoms with van der Waals surface area (Å²) in [5.41, 5.74) is 5.53. The Morgan fingerprint density at radius 2 is 2.47 bits per heavy atom. The Bertz CT molecular complexity index is 320. The Balaban J connectivity index is 2.12. The van der Waals surface area contributed by atoms with E-state index < -0.39 is 0 Å². The summed E-state index contributed by atoms with van der Waals surface area (Å²) in [5, 5.41) is 3.95. The third-order valence-electron chi connectivity index (χ3n) is 2.79. The van der Waals surface area contributed by atoms with Crippen molar-refractivity contribution >= 4 is 11.8 Å².